The predicted molar refractivity (Wildman–Crippen MR) is 104 cm³/mol. The molecule has 1 aromatic heterocycles. The summed E-state index contributed by atoms with van der Waals surface area (Å²) in [6.45, 7) is 6.19. The first-order valence-corrected chi connectivity index (χ1v) is 8.93. The van der Waals surface area contributed by atoms with Crippen molar-refractivity contribution in [3.8, 4) is 11.3 Å². The highest BCUT2D eigenvalue weighted by atomic mass is 16.1. The van der Waals surface area contributed by atoms with Gasteiger partial charge in [-0.15, -0.1) is 0 Å². The maximum atomic E-state index is 13.1. The first-order chi connectivity index (χ1) is 12.2. The van der Waals surface area contributed by atoms with E-state index in [4.69, 9.17) is 4.98 Å². The van der Waals surface area contributed by atoms with E-state index in [0.717, 1.165) is 46.1 Å². The molecular weight excluding hydrogens is 308 g/mol. The first kappa shape index (κ1) is 17.2. The van der Waals surface area contributed by atoms with Crippen molar-refractivity contribution in [2.24, 2.45) is 0 Å². The van der Waals surface area contributed by atoms with Crippen molar-refractivity contribution >= 4 is 16.8 Å². The van der Waals surface area contributed by atoms with Gasteiger partial charge in [0.2, 0.25) is 0 Å². The smallest absolute Gasteiger partial charge is 0.252 e. The molecule has 3 heteroatoms. The Labute approximate surface area is 149 Å². The second-order valence-electron chi connectivity index (χ2n) is 6.33. The number of hydrogen-bond acceptors (Lipinski definition) is 2. The van der Waals surface area contributed by atoms with Crippen LogP contribution in [0.2, 0.25) is 0 Å². The fourth-order valence-electron chi connectivity index (χ4n) is 3.09. The molecule has 0 aliphatic heterocycles. The highest BCUT2D eigenvalue weighted by Gasteiger charge is 2.21. The average molecular weight is 332 g/mol. The summed E-state index contributed by atoms with van der Waals surface area (Å²) in [5, 5.41) is 4.04. The van der Waals surface area contributed by atoms with E-state index in [1.54, 1.807) is 0 Å². The summed E-state index contributed by atoms with van der Waals surface area (Å²) in [4.78, 5) is 17.9. The van der Waals surface area contributed by atoms with Gasteiger partial charge in [0.25, 0.3) is 5.91 Å². The van der Waals surface area contributed by atoms with Crippen molar-refractivity contribution < 1.29 is 4.79 Å². The number of nitrogens with zero attached hydrogens (tertiary/aromatic N) is 1. The van der Waals surface area contributed by atoms with E-state index in [1.807, 2.05) is 61.5 Å². The third-order valence-electron chi connectivity index (χ3n) is 4.61. The largest absolute Gasteiger partial charge is 0.350 e. The van der Waals surface area contributed by atoms with E-state index in [0.29, 0.717) is 0 Å². The maximum absolute atomic E-state index is 13.1. The van der Waals surface area contributed by atoms with Crippen LogP contribution in [0.25, 0.3) is 22.2 Å². The fraction of sp³-hybridized carbons (Fsp3) is 0.273. The Bertz CT molecular complexity index is 887. The minimum Gasteiger partial charge on any atom is -0.350 e. The van der Waals surface area contributed by atoms with Gasteiger partial charge in [0.1, 0.15) is 0 Å². The molecule has 0 saturated carbocycles. The molecule has 0 fully saturated rings. The molecule has 0 radical (unpaired) electrons. The summed E-state index contributed by atoms with van der Waals surface area (Å²) in [5.74, 6) is -0.0121. The Kier molecular flexibility index (Phi) is 5.13. The van der Waals surface area contributed by atoms with E-state index in [-0.39, 0.29) is 11.9 Å². The first-order valence-electron chi connectivity index (χ1n) is 8.93. The van der Waals surface area contributed by atoms with Gasteiger partial charge in [-0.1, -0.05) is 62.4 Å². The minimum absolute atomic E-state index is 0.0121. The Morgan fingerprint density at radius 1 is 1.04 bits per heavy atom. The standard InChI is InChI=1S/C22H24N2O/c1-4-15(3)23-22(25)20-17(5-2)21(16-11-7-6-8-12-16)24-19-14-10-9-13-18(19)20/h6-15H,4-5H2,1-3H3,(H,23,25). The molecule has 0 saturated heterocycles. The summed E-state index contributed by atoms with van der Waals surface area (Å²) in [7, 11) is 0. The number of aromatic nitrogens is 1. The molecule has 3 rings (SSSR count). The van der Waals surface area contributed by atoms with Crippen LogP contribution in [0.3, 0.4) is 0 Å². The molecule has 1 N–H and O–H groups in total. The molecule has 3 nitrogen and oxygen atoms in total. The molecule has 2 aromatic carbocycles. The molecular formula is C22H24N2O. The number of rotatable bonds is 5. The fourth-order valence-corrected chi connectivity index (χ4v) is 3.09. The van der Waals surface area contributed by atoms with Crippen molar-refractivity contribution in [3.05, 3.63) is 65.7 Å². The van der Waals surface area contributed by atoms with Gasteiger partial charge in [0.05, 0.1) is 16.8 Å². The zero-order valence-corrected chi connectivity index (χ0v) is 15.0. The molecule has 1 heterocycles. The molecule has 1 amide bonds. The monoisotopic (exact) mass is 332 g/mol. The van der Waals surface area contributed by atoms with Gasteiger partial charge < -0.3 is 5.32 Å². The molecule has 128 valence electrons. The van der Waals surface area contributed by atoms with Gasteiger partial charge in [0, 0.05) is 17.0 Å². The average Bonchev–Trinajstić information content (AvgIpc) is 2.66. The number of amides is 1. The Balaban J connectivity index is 2.27. The highest BCUT2D eigenvalue weighted by molar-refractivity contribution is 6.09. The van der Waals surface area contributed by atoms with Crippen LogP contribution in [0.15, 0.2) is 54.6 Å². The quantitative estimate of drug-likeness (QED) is 0.715. The zero-order valence-electron chi connectivity index (χ0n) is 15.0. The van der Waals surface area contributed by atoms with Crippen LogP contribution in [-0.4, -0.2) is 16.9 Å². The van der Waals surface area contributed by atoms with Crippen LogP contribution in [0.5, 0.6) is 0 Å². The summed E-state index contributed by atoms with van der Waals surface area (Å²) < 4.78 is 0. The van der Waals surface area contributed by atoms with Gasteiger partial charge >= 0.3 is 0 Å². The van der Waals surface area contributed by atoms with E-state index >= 15 is 0 Å². The van der Waals surface area contributed by atoms with Crippen molar-refractivity contribution in [2.45, 2.75) is 39.7 Å². The molecule has 1 atom stereocenters. The van der Waals surface area contributed by atoms with Crippen LogP contribution in [0.1, 0.15) is 43.1 Å². The van der Waals surface area contributed by atoms with Crippen LogP contribution in [0, 0.1) is 0 Å². The third-order valence-corrected chi connectivity index (χ3v) is 4.61. The number of benzene rings is 2. The van der Waals surface area contributed by atoms with E-state index in [9.17, 15) is 4.79 Å². The van der Waals surface area contributed by atoms with Gasteiger partial charge in [0.15, 0.2) is 0 Å². The highest BCUT2D eigenvalue weighted by Crippen LogP contribution is 2.30. The molecule has 3 aromatic rings. The molecule has 0 aliphatic rings. The normalized spacial score (nSPS) is 12.1. The van der Waals surface area contributed by atoms with E-state index in [2.05, 4.69) is 19.2 Å². The second kappa shape index (κ2) is 7.47. The summed E-state index contributed by atoms with van der Waals surface area (Å²) in [6, 6.07) is 18.1. The zero-order chi connectivity index (χ0) is 17.8. The van der Waals surface area contributed by atoms with Crippen LogP contribution in [-0.2, 0) is 6.42 Å². The molecule has 0 bridgehead atoms. The predicted octanol–water partition coefficient (Wildman–Crippen LogP) is 4.99. The number of pyridine rings is 1. The van der Waals surface area contributed by atoms with Gasteiger partial charge in [-0.2, -0.15) is 0 Å². The van der Waals surface area contributed by atoms with Crippen LogP contribution in [0.4, 0.5) is 0 Å². The molecule has 25 heavy (non-hydrogen) atoms. The second-order valence-corrected chi connectivity index (χ2v) is 6.33. The van der Waals surface area contributed by atoms with Crippen LogP contribution >= 0.6 is 0 Å². The van der Waals surface area contributed by atoms with Gasteiger partial charge in [-0.3, -0.25) is 4.79 Å². The lowest BCUT2D eigenvalue weighted by atomic mass is 9.94. The molecule has 0 aliphatic carbocycles. The third kappa shape index (κ3) is 3.41. The lowest BCUT2D eigenvalue weighted by molar-refractivity contribution is 0.0940. The Morgan fingerprint density at radius 2 is 1.72 bits per heavy atom. The lowest BCUT2D eigenvalue weighted by Crippen LogP contribution is -2.33. The maximum Gasteiger partial charge on any atom is 0.252 e. The topological polar surface area (TPSA) is 42.0 Å². The number of carbonyl (C=O) groups is 1. The lowest BCUT2D eigenvalue weighted by Gasteiger charge is -2.18. The summed E-state index contributed by atoms with van der Waals surface area (Å²) in [6.07, 6.45) is 1.66. The molecule has 0 spiro atoms. The molecule has 1 unspecified atom stereocenters. The number of nitrogens with one attached hydrogen (secondary N) is 1. The van der Waals surface area contributed by atoms with Gasteiger partial charge in [-0.25, -0.2) is 4.98 Å². The SMILES string of the molecule is CCc1c(-c2ccccc2)nc2ccccc2c1C(=O)NC(C)CC. The van der Waals surface area contributed by atoms with Crippen LogP contribution < -0.4 is 5.32 Å². The summed E-state index contributed by atoms with van der Waals surface area (Å²) in [5.41, 5.74) is 4.56. The van der Waals surface area contributed by atoms with Crippen molar-refractivity contribution in [3.63, 3.8) is 0 Å². The number of hydrogen-bond donors (Lipinski definition) is 1. The Hall–Kier alpha value is -2.68. The number of carbonyl (C=O) groups excluding carboxylic acids is 1. The number of para-hydroxylation sites is 1. The van der Waals surface area contributed by atoms with Gasteiger partial charge in [-0.05, 0) is 31.4 Å². The Morgan fingerprint density at radius 3 is 2.40 bits per heavy atom. The van der Waals surface area contributed by atoms with E-state index in [1.165, 1.54) is 0 Å². The number of fused-ring (bicyclic) bond motifs is 1. The van der Waals surface area contributed by atoms with Crippen molar-refractivity contribution in [2.75, 3.05) is 0 Å². The van der Waals surface area contributed by atoms with Crippen molar-refractivity contribution in [1.29, 1.82) is 0 Å². The van der Waals surface area contributed by atoms with Crippen molar-refractivity contribution in [1.82, 2.24) is 10.3 Å². The minimum atomic E-state index is -0.0121. The van der Waals surface area contributed by atoms with E-state index < -0.39 is 0 Å². The summed E-state index contributed by atoms with van der Waals surface area (Å²) >= 11 is 0.